The molecule has 0 spiro atoms. The number of nitrogens with one attached hydrogen (secondary N) is 1. The van der Waals surface area contributed by atoms with Gasteiger partial charge in [-0.15, -0.1) is 11.8 Å². The van der Waals surface area contributed by atoms with Crippen molar-refractivity contribution >= 4 is 17.7 Å². The lowest BCUT2D eigenvalue weighted by molar-refractivity contribution is -0.146. The van der Waals surface area contributed by atoms with Crippen LogP contribution in [-0.4, -0.2) is 29.4 Å². The summed E-state index contributed by atoms with van der Waals surface area (Å²) < 4.78 is 26.0. The van der Waals surface area contributed by atoms with Crippen molar-refractivity contribution in [2.75, 3.05) is 12.8 Å². The van der Waals surface area contributed by atoms with Gasteiger partial charge in [0.2, 0.25) is 0 Å². The number of hydrogen-bond acceptors (Lipinski definition) is 3. The Morgan fingerprint density at radius 1 is 1.48 bits per heavy atom. The number of thioether (sulfide) groups is 1. The van der Waals surface area contributed by atoms with Crippen LogP contribution in [0.3, 0.4) is 0 Å². The number of benzene rings is 1. The van der Waals surface area contributed by atoms with E-state index >= 15 is 0 Å². The predicted molar refractivity (Wildman–Crippen MR) is 78.5 cm³/mol. The summed E-state index contributed by atoms with van der Waals surface area (Å²) in [4.78, 5) is 12.2. The largest absolute Gasteiger partial charge is 0.480 e. The Morgan fingerprint density at radius 2 is 2.24 bits per heavy atom. The van der Waals surface area contributed by atoms with Crippen molar-refractivity contribution in [2.45, 2.75) is 36.1 Å². The predicted octanol–water partition coefficient (Wildman–Crippen LogP) is 3.29. The highest BCUT2D eigenvalue weighted by atomic mass is 32.2. The molecule has 6 heteroatoms. The molecule has 2 atom stereocenters. The van der Waals surface area contributed by atoms with Gasteiger partial charge >= 0.3 is 5.97 Å². The molecule has 1 aromatic rings. The molecule has 21 heavy (non-hydrogen) atoms. The lowest BCUT2D eigenvalue weighted by atomic mass is 9.85. The van der Waals surface area contributed by atoms with Gasteiger partial charge in [-0.3, -0.25) is 4.79 Å². The number of carboxylic acids is 1. The van der Waals surface area contributed by atoms with Crippen molar-refractivity contribution in [1.29, 1.82) is 0 Å². The van der Waals surface area contributed by atoms with Crippen LogP contribution in [0.5, 0.6) is 0 Å². The molecule has 0 radical (unpaired) electrons. The van der Waals surface area contributed by atoms with Gasteiger partial charge in [0, 0.05) is 4.90 Å². The monoisotopic (exact) mass is 315 g/mol. The van der Waals surface area contributed by atoms with Crippen molar-refractivity contribution in [3.05, 3.63) is 29.8 Å². The van der Waals surface area contributed by atoms with E-state index in [0.29, 0.717) is 17.1 Å². The first-order valence-corrected chi connectivity index (χ1v) is 7.98. The number of likely N-dealkylation sites (N-methyl/N-ethyl adjacent to an activating group) is 1. The highest BCUT2D eigenvalue weighted by Crippen LogP contribution is 2.39. The highest BCUT2D eigenvalue weighted by molar-refractivity contribution is 7.99. The van der Waals surface area contributed by atoms with Crippen LogP contribution in [0.4, 0.5) is 8.78 Å². The minimum absolute atomic E-state index is 0.0674. The maximum absolute atomic E-state index is 13.1. The molecular weight excluding hydrogens is 296 g/mol. The second-order valence-electron chi connectivity index (χ2n) is 5.33. The van der Waals surface area contributed by atoms with E-state index in [1.54, 1.807) is 13.1 Å². The topological polar surface area (TPSA) is 49.3 Å². The van der Waals surface area contributed by atoms with Gasteiger partial charge in [0.25, 0.3) is 0 Å². The number of aliphatic carboxylic acids is 1. The molecular formula is C15H19F2NO2S. The average Bonchev–Trinajstić information content (AvgIpc) is 2.87. The molecule has 0 bridgehead atoms. The quantitative estimate of drug-likeness (QED) is 0.791. The van der Waals surface area contributed by atoms with Crippen molar-refractivity contribution in [1.82, 2.24) is 5.32 Å². The summed E-state index contributed by atoms with van der Waals surface area (Å²) in [6, 6.07) is 3.83. The van der Waals surface area contributed by atoms with Crippen molar-refractivity contribution < 1.29 is 18.7 Å². The zero-order valence-electron chi connectivity index (χ0n) is 11.9. The Bertz CT molecular complexity index is 526. The Morgan fingerprint density at radius 3 is 2.86 bits per heavy atom. The van der Waals surface area contributed by atoms with Gasteiger partial charge in [0.15, 0.2) is 11.6 Å². The number of carboxylic acid groups (broad SMARTS) is 1. The van der Waals surface area contributed by atoms with Crippen molar-refractivity contribution in [3.63, 3.8) is 0 Å². The fourth-order valence-electron chi connectivity index (χ4n) is 3.07. The molecule has 0 saturated heterocycles. The first-order valence-electron chi connectivity index (χ1n) is 7.00. The van der Waals surface area contributed by atoms with Crippen LogP contribution >= 0.6 is 11.8 Å². The minimum Gasteiger partial charge on any atom is -0.480 e. The maximum Gasteiger partial charge on any atom is 0.324 e. The number of carbonyl (C=O) groups is 1. The van der Waals surface area contributed by atoms with Crippen LogP contribution in [-0.2, 0) is 4.79 Å². The van der Waals surface area contributed by atoms with E-state index in [9.17, 15) is 18.7 Å². The van der Waals surface area contributed by atoms with Crippen LogP contribution in [0.2, 0.25) is 0 Å². The maximum atomic E-state index is 13.1. The molecule has 1 aliphatic carbocycles. The first kappa shape index (κ1) is 16.2. The molecule has 0 amide bonds. The van der Waals surface area contributed by atoms with Gasteiger partial charge in [-0.25, -0.2) is 8.78 Å². The average molecular weight is 315 g/mol. The zero-order valence-corrected chi connectivity index (χ0v) is 12.7. The summed E-state index contributed by atoms with van der Waals surface area (Å²) in [5.41, 5.74) is -0.839. The third-order valence-corrected chi connectivity index (χ3v) is 5.30. The van der Waals surface area contributed by atoms with Gasteiger partial charge < -0.3 is 10.4 Å². The van der Waals surface area contributed by atoms with Gasteiger partial charge in [0.1, 0.15) is 5.54 Å². The van der Waals surface area contributed by atoms with E-state index in [4.69, 9.17) is 0 Å². The smallest absolute Gasteiger partial charge is 0.324 e. The van der Waals surface area contributed by atoms with Gasteiger partial charge in [-0.05, 0) is 56.2 Å². The molecule has 2 rings (SSSR count). The molecule has 1 fully saturated rings. The lowest BCUT2D eigenvalue weighted by Crippen LogP contribution is -2.53. The summed E-state index contributed by atoms with van der Waals surface area (Å²) in [6.07, 6.45) is 3.15. The van der Waals surface area contributed by atoms with Crippen LogP contribution in [0.15, 0.2) is 23.1 Å². The van der Waals surface area contributed by atoms with Gasteiger partial charge in [-0.1, -0.05) is 6.42 Å². The van der Waals surface area contributed by atoms with Crippen molar-refractivity contribution in [2.24, 2.45) is 5.92 Å². The zero-order chi connectivity index (χ0) is 15.5. The highest BCUT2D eigenvalue weighted by Gasteiger charge is 2.47. The lowest BCUT2D eigenvalue weighted by Gasteiger charge is -2.30. The molecule has 2 unspecified atom stereocenters. The molecule has 2 N–H and O–H groups in total. The number of rotatable bonds is 6. The molecule has 0 aromatic heterocycles. The molecule has 0 heterocycles. The van der Waals surface area contributed by atoms with E-state index in [2.05, 4.69) is 5.32 Å². The molecule has 0 aliphatic heterocycles. The van der Waals surface area contributed by atoms with E-state index in [1.807, 2.05) is 0 Å². The standard InChI is InChI=1S/C15H19F2NO2S/c1-18-15(14(19)20)7-2-3-10(15)6-8-21-11-4-5-12(16)13(17)9-11/h4-5,9-10,18H,2-3,6-8H2,1H3,(H,19,20). The molecule has 116 valence electrons. The molecule has 1 aliphatic rings. The summed E-state index contributed by atoms with van der Waals surface area (Å²) in [6.45, 7) is 0. The summed E-state index contributed by atoms with van der Waals surface area (Å²) in [5.74, 6) is -1.75. The van der Waals surface area contributed by atoms with Crippen molar-refractivity contribution in [3.8, 4) is 0 Å². The Labute approximate surface area is 127 Å². The normalized spacial score (nSPS) is 25.2. The van der Waals surface area contributed by atoms with E-state index in [-0.39, 0.29) is 5.92 Å². The van der Waals surface area contributed by atoms with E-state index in [0.717, 1.165) is 25.3 Å². The second kappa shape index (κ2) is 6.75. The first-order chi connectivity index (χ1) is 9.99. The Hall–Kier alpha value is -1.14. The van der Waals surface area contributed by atoms with Crippen LogP contribution < -0.4 is 5.32 Å². The number of hydrogen-bond donors (Lipinski definition) is 2. The summed E-state index contributed by atoms with van der Waals surface area (Å²) in [7, 11) is 1.69. The third kappa shape index (κ3) is 3.37. The summed E-state index contributed by atoms with van der Waals surface area (Å²) >= 11 is 1.43. The third-order valence-electron chi connectivity index (χ3n) is 4.27. The van der Waals surface area contributed by atoms with Crippen LogP contribution in [0, 0.1) is 17.6 Å². The fourth-order valence-corrected chi connectivity index (χ4v) is 4.06. The Balaban J connectivity index is 1.93. The molecule has 1 aromatic carbocycles. The van der Waals surface area contributed by atoms with E-state index < -0.39 is 23.1 Å². The van der Waals surface area contributed by atoms with Gasteiger partial charge in [0.05, 0.1) is 0 Å². The number of halogens is 2. The fraction of sp³-hybridized carbons (Fsp3) is 0.533. The molecule has 3 nitrogen and oxygen atoms in total. The van der Waals surface area contributed by atoms with Crippen LogP contribution in [0.1, 0.15) is 25.7 Å². The minimum atomic E-state index is -0.852. The van der Waals surface area contributed by atoms with E-state index in [1.165, 1.54) is 17.8 Å². The SMILES string of the molecule is CNC1(C(=O)O)CCCC1CCSc1ccc(F)c(F)c1. The molecule has 1 saturated carbocycles. The Kier molecular flexibility index (Phi) is 5.22. The summed E-state index contributed by atoms with van der Waals surface area (Å²) in [5, 5.41) is 12.4. The van der Waals surface area contributed by atoms with Crippen LogP contribution in [0.25, 0.3) is 0 Å². The van der Waals surface area contributed by atoms with Gasteiger partial charge in [-0.2, -0.15) is 0 Å². The second-order valence-corrected chi connectivity index (χ2v) is 6.50.